The lowest BCUT2D eigenvalue weighted by molar-refractivity contribution is -0.139. The zero-order valence-electron chi connectivity index (χ0n) is 11.6. The van der Waals surface area contributed by atoms with Crippen LogP contribution < -0.4 is 10.2 Å². The molecule has 0 saturated heterocycles. The number of carbonyl (C=O) groups is 2. The van der Waals surface area contributed by atoms with E-state index >= 15 is 0 Å². The van der Waals surface area contributed by atoms with Crippen molar-refractivity contribution in [3.8, 4) is 0 Å². The van der Waals surface area contributed by atoms with Gasteiger partial charge in [0.1, 0.15) is 0 Å². The smallest absolute Gasteiger partial charge is 0.304 e. The van der Waals surface area contributed by atoms with Gasteiger partial charge >= 0.3 is 5.97 Å². The first-order chi connectivity index (χ1) is 10.2. The van der Waals surface area contributed by atoms with E-state index in [0.29, 0.717) is 0 Å². The molecule has 3 aliphatic rings. The van der Waals surface area contributed by atoms with Gasteiger partial charge in [0.25, 0.3) is 0 Å². The maximum atomic E-state index is 12.8. The van der Waals surface area contributed by atoms with E-state index in [2.05, 4.69) is 5.32 Å². The normalized spacial score (nSPS) is 22.8. The molecule has 0 bridgehead atoms. The van der Waals surface area contributed by atoms with Gasteiger partial charge in [-0.15, -0.1) is 0 Å². The van der Waals surface area contributed by atoms with Crippen LogP contribution in [0.15, 0.2) is 29.6 Å². The van der Waals surface area contributed by atoms with E-state index in [1.807, 2.05) is 18.2 Å². The minimum absolute atomic E-state index is 0.0873. The third kappa shape index (κ3) is 1.70. The Kier molecular flexibility index (Phi) is 2.58. The summed E-state index contributed by atoms with van der Waals surface area (Å²) >= 11 is 0. The van der Waals surface area contributed by atoms with Crippen molar-refractivity contribution in [1.82, 2.24) is 0 Å². The molecule has 5 heteroatoms. The van der Waals surface area contributed by atoms with Crippen molar-refractivity contribution in [1.29, 1.82) is 0 Å². The minimum Gasteiger partial charge on any atom is -0.481 e. The van der Waals surface area contributed by atoms with Crippen molar-refractivity contribution in [2.45, 2.75) is 38.0 Å². The Morgan fingerprint density at radius 3 is 2.95 bits per heavy atom. The molecule has 0 fully saturated rings. The molecule has 5 nitrogen and oxygen atoms in total. The summed E-state index contributed by atoms with van der Waals surface area (Å²) in [5.74, 6) is -1.58. The molecule has 108 valence electrons. The Balaban J connectivity index is 1.87. The molecule has 0 aromatic heterocycles. The lowest BCUT2D eigenvalue weighted by atomic mass is 9.96. The Morgan fingerprint density at radius 2 is 2.14 bits per heavy atom. The van der Waals surface area contributed by atoms with Gasteiger partial charge in [-0.3, -0.25) is 14.5 Å². The molecular weight excluding hydrogens is 268 g/mol. The van der Waals surface area contributed by atoms with Crippen LogP contribution in [0.1, 0.15) is 43.6 Å². The number of carboxylic acids is 1. The summed E-state index contributed by atoms with van der Waals surface area (Å²) in [6.07, 6.45) is 3.88. The molecule has 2 heterocycles. The van der Waals surface area contributed by atoms with Gasteiger partial charge in [0, 0.05) is 11.4 Å². The monoisotopic (exact) mass is 284 g/mol. The summed E-state index contributed by atoms with van der Waals surface area (Å²) in [5, 5.41) is 12.5. The predicted molar refractivity (Wildman–Crippen MR) is 78.0 cm³/mol. The second kappa shape index (κ2) is 4.35. The number of amides is 1. The molecule has 0 spiro atoms. The summed E-state index contributed by atoms with van der Waals surface area (Å²) in [6.45, 7) is 0. The largest absolute Gasteiger partial charge is 0.481 e. The van der Waals surface area contributed by atoms with Crippen LogP contribution in [0.25, 0.3) is 0 Å². The number of para-hydroxylation sites is 1. The van der Waals surface area contributed by atoms with Crippen LogP contribution in [0.3, 0.4) is 0 Å². The Hall–Kier alpha value is -2.30. The second-order valence-corrected chi connectivity index (χ2v) is 5.82. The summed E-state index contributed by atoms with van der Waals surface area (Å²) in [7, 11) is 0. The molecule has 1 amide bonds. The Morgan fingerprint density at radius 1 is 1.33 bits per heavy atom. The predicted octanol–water partition coefficient (Wildman–Crippen LogP) is 2.80. The molecule has 4 rings (SSSR count). The number of fused-ring (bicyclic) bond motifs is 1. The first-order valence-corrected chi connectivity index (χ1v) is 7.34. The highest BCUT2D eigenvalue weighted by molar-refractivity contribution is 6.12. The number of rotatable bonds is 2. The topological polar surface area (TPSA) is 69.6 Å². The Bertz CT molecular complexity index is 693. The molecule has 1 aromatic carbocycles. The highest BCUT2D eigenvalue weighted by Crippen LogP contribution is 2.50. The molecule has 2 N–H and O–H groups in total. The highest BCUT2D eigenvalue weighted by atomic mass is 16.4. The maximum absolute atomic E-state index is 12.8. The Labute approximate surface area is 122 Å². The number of benzene rings is 1. The third-order valence-electron chi connectivity index (χ3n) is 4.56. The number of nitrogens with zero attached hydrogens (tertiary/aromatic N) is 1. The van der Waals surface area contributed by atoms with Crippen LogP contribution in [0, 0.1) is 0 Å². The number of hydrogen-bond acceptors (Lipinski definition) is 3. The first-order valence-electron chi connectivity index (χ1n) is 7.34. The van der Waals surface area contributed by atoms with E-state index in [9.17, 15) is 9.59 Å². The van der Waals surface area contributed by atoms with Crippen LogP contribution in [0.2, 0.25) is 0 Å². The molecule has 0 radical (unpaired) electrons. The zero-order chi connectivity index (χ0) is 14.6. The number of allylic oxidation sites excluding steroid dienone is 2. The average molecular weight is 284 g/mol. The van der Waals surface area contributed by atoms with Gasteiger partial charge in [-0.25, -0.2) is 0 Å². The minimum atomic E-state index is -0.934. The van der Waals surface area contributed by atoms with Crippen LogP contribution in [-0.2, 0) is 9.59 Å². The van der Waals surface area contributed by atoms with E-state index in [0.717, 1.165) is 54.0 Å². The zero-order valence-corrected chi connectivity index (χ0v) is 11.6. The SMILES string of the molecule is O=C(O)CC1C(=O)N2C3=C(CCCC3)Nc3cccc1c32. The van der Waals surface area contributed by atoms with Gasteiger partial charge in [0.15, 0.2) is 0 Å². The fraction of sp³-hybridized carbons (Fsp3) is 0.375. The van der Waals surface area contributed by atoms with Crippen LogP contribution in [0.5, 0.6) is 0 Å². The maximum Gasteiger partial charge on any atom is 0.304 e. The van der Waals surface area contributed by atoms with E-state index in [1.54, 1.807) is 4.90 Å². The number of nitrogens with one attached hydrogen (secondary N) is 1. The lowest BCUT2D eigenvalue weighted by Gasteiger charge is -2.34. The van der Waals surface area contributed by atoms with Gasteiger partial charge in [0.05, 0.1) is 23.7 Å². The summed E-state index contributed by atoms with van der Waals surface area (Å²) in [5.41, 5.74) is 4.79. The van der Waals surface area contributed by atoms with Crippen molar-refractivity contribution < 1.29 is 14.7 Å². The average Bonchev–Trinajstić information content (AvgIpc) is 2.75. The lowest BCUT2D eigenvalue weighted by Crippen LogP contribution is -2.34. The molecule has 2 aliphatic heterocycles. The second-order valence-electron chi connectivity index (χ2n) is 5.82. The number of aliphatic carboxylic acids is 1. The number of anilines is 2. The summed E-state index contributed by atoms with van der Waals surface area (Å²) in [6, 6.07) is 5.72. The van der Waals surface area contributed by atoms with Crippen molar-refractivity contribution in [2.75, 3.05) is 10.2 Å². The summed E-state index contributed by atoms with van der Waals surface area (Å²) in [4.78, 5) is 25.6. The third-order valence-corrected chi connectivity index (χ3v) is 4.56. The summed E-state index contributed by atoms with van der Waals surface area (Å²) < 4.78 is 0. The molecule has 21 heavy (non-hydrogen) atoms. The van der Waals surface area contributed by atoms with Gasteiger partial charge in [-0.1, -0.05) is 12.1 Å². The van der Waals surface area contributed by atoms with Crippen LogP contribution >= 0.6 is 0 Å². The van der Waals surface area contributed by atoms with Crippen molar-refractivity contribution in [3.05, 3.63) is 35.2 Å². The molecule has 1 unspecified atom stereocenters. The van der Waals surface area contributed by atoms with Gasteiger partial charge in [0.2, 0.25) is 5.91 Å². The van der Waals surface area contributed by atoms with Gasteiger partial charge < -0.3 is 10.4 Å². The standard InChI is InChI=1S/C16H16N2O3/c19-14(20)8-10-9-4-3-6-12-15(9)18(16(10)21)13-7-2-1-5-11(13)17-12/h3-4,6,10,17H,1-2,5,7-8H2,(H,19,20). The molecule has 0 saturated carbocycles. The van der Waals surface area contributed by atoms with Gasteiger partial charge in [-0.05, 0) is 37.3 Å². The fourth-order valence-electron chi connectivity index (χ4n) is 3.67. The van der Waals surface area contributed by atoms with E-state index in [4.69, 9.17) is 5.11 Å². The number of carbonyl (C=O) groups excluding carboxylic acids is 1. The first kappa shape index (κ1) is 12.4. The highest BCUT2D eigenvalue weighted by Gasteiger charge is 2.44. The van der Waals surface area contributed by atoms with Gasteiger partial charge in [-0.2, -0.15) is 0 Å². The molecule has 1 aliphatic carbocycles. The van der Waals surface area contributed by atoms with E-state index in [1.165, 1.54) is 0 Å². The molecule has 1 aromatic rings. The number of carboxylic acid groups (broad SMARTS) is 1. The van der Waals surface area contributed by atoms with Crippen molar-refractivity contribution in [2.24, 2.45) is 0 Å². The fourth-order valence-corrected chi connectivity index (χ4v) is 3.67. The van der Waals surface area contributed by atoms with Crippen molar-refractivity contribution >= 4 is 23.3 Å². The molecule has 1 atom stereocenters. The van der Waals surface area contributed by atoms with E-state index < -0.39 is 11.9 Å². The van der Waals surface area contributed by atoms with E-state index in [-0.39, 0.29) is 12.3 Å². The quantitative estimate of drug-likeness (QED) is 0.876. The van der Waals surface area contributed by atoms with Crippen molar-refractivity contribution in [3.63, 3.8) is 0 Å². The molecular formula is C16H16N2O3. The number of hydrogen-bond donors (Lipinski definition) is 2. The van der Waals surface area contributed by atoms with Crippen LogP contribution in [-0.4, -0.2) is 17.0 Å². The van der Waals surface area contributed by atoms with Crippen LogP contribution in [0.4, 0.5) is 11.4 Å².